The van der Waals surface area contributed by atoms with Gasteiger partial charge in [-0.2, -0.15) is 17.4 Å². The smallest absolute Gasteiger partial charge is 0.279 e. The topological polar surface area (TPSA) is 90.0 Å². The van der Waals surface area contributed by atoms with Crippen molar-refractivity contribution in [1.29, 1.82) is 0 Å². The third kappa shape index (κ3) is 3.70. The molecule has 174 valence electrons. The monoisotopic (exact) mass is 452 g/mol. The van der Waals surface area contributed by atoms with Crippen LogP contribution in [-0.2, 0) is 19.8 Å². The summed E-state index contributed by atoms with van der Waals surface area (Å²) < 4.78 is 28.8. The second kappa shape index (κ2) is 7.70. The van der Waals surface area contributed by atoms with Gasteiger partial charge in [0.1, 0.15) is 0 Å². The number of carbonyl (C=O) groups excluding carboxylic acids is 2. The van der Waals surface area contributed by atoms with Crippen molar-refractivity contribution in [3.05, 3.63) is 0 Å². The van der Waals surface area contributed by atoms with Crippen LogP contribution in [0.15, 0.2) is 0 Å². The van der Waals surface area contributed by atoms with Crippen LogP contribution in [-0.4, -0.2) is 78.1 Å². The molecule has 2 heterocycles. The van der Waals surface area contributed by atoms with E-state index in [1.807, 2.05) is 4.90 Å². The largest absolute Gasteiger partial charge is 0.335 e. The summed E-state index contributed by atoms with van der Waals surface area (Å²) in [6, 6.07) is 0.350. The molecular weight excluding hydrogens is 416 g/mol. The molecule has 0 aromatic heterocycles. The van der Waals surface area contributed by atoms with Crippen molar-refractivity contribution in [3.63, 3.8) is 0 Å². The third-order valence-corrected chi connectivity index (χ3v) is 10.4. The summed E-state index contributed by atoms with van der Waals surface area (Å²) in [5.74, 6) is 1.55. The molecule has 8 nitrogen and oxygen atoms in total. The Balaban J connectivity index is 1.34. The molecule has 3 aliphatic carbocycles. The highest BCUT2D eigenvalue weighted by Gasteiger charge is 2.51. The fourth-order valence-corrected chi connectivity index (χ4v) is 8.46. The van der Waals surface area contributed by atoms with Gasteiger partial charge >= 0.3 is 0 Å². The SMILES string of the molecule is CC(=O)N1C2CCC(C3CCC4NS(=O)(=O)N(C)C4C3)CC2N(C(=O)C2CC2)C[C@@H]1C. The lowest BCUT2D eigenvalue weighted by molar-refractivity contribution is -0.155. The minimum atomic E-state index is -3.34. The van der Waals surface area contributed by atoms with Crippen molar-refractivity contribution < 1.29 is 18.0 Å². The summed E-state index contributed by atoms with van der Waals surface area (Å²) in [4.78, 5) is 29.7. The number of likely N-dealkylation sites (N-methyl/N-ethyl adjacent to an activating group) is 1. The first-order valence-corrected chi connectivity index (χ1v) is 13.5. The molecule has 0 aromatic carbocycles. The Labute approximate surface area is 185 Å². The maximum absolute atomic E-state index is 13.1. The van der Waals surface area contributed by atoms with E-state index in [9.17, 15) is 18.0 Å². The highest BCUT2D eigenvalue weighted by Crippen LogP contribution is 2.45. The van der Waals surface area contributed by atoms with E-state index in [1.54, 1.807) is 14.0 Å². The second-order valence-corrected chi connectivity index (χ2v) is 12.4. The van der Waals surface area contributed by atoms with Crippen LogP contribution < -0.4 is 4.72 Å². The zero-order chi connectivity index (χ0) is 22.1. The maximum Gasteiger partial charge on any atom is 0.279 e. The van der Waals surface area contributed by atoms with Gasteiger partial charge in [0.25, 0.3) is 10.2 Å². The van der Waals surface area contributed by atoms with Crippen LogP contribution in [0.5, 0.6) is 0 Å². The van der Waals surface area contributed by atoms with E-state index >= 15 is 0 Å². The molecule has 5 aliphatic rings. The van der Waals surface area contributed by atoms with Gasteiger partial charge < -0.3 is 9.80 Å². The van der Waals surface area contributed by atoms with E-state index in [-0.39, 0.29) is 42.0 Å². The van der Waals surface area contributed by atoms with Gasteiger partial charge in [-0.3, -0.25) is 9.59 Å². The zero-order valence-corrected chi connectivity index (χ0v) is 19.7. The van der Waals surface area contributed by atoms with Crippen LogP contribution in [0.2, 0.25) is 0 Å². The van der Waals surface area contributed by atoms with Gasteiger partial charge in [-0.1, -0.05) is 0 Å². The lowest BCUT2D eigenvalue weighted by Gasteiger charge is -2.55. The predicted octanol–water partition coefficient (Wildman–Crippen LogP) is 1.33. The minimum absolute atomic E-state index is 0.0271. The molecular formula is C22H36N4O4S. The number of piperazine rings is 1. The summed E-state index contributed by atoms with van der Waals surface area (Å²) >= 11 is 0. The van der Waals surface area contributed by atoms with Crippen molar-refractivity contribution >= 4 is 22.0 Å². The standard InChI is InChI=1S/C22H36N4O4S/c1-13-12-25(22(28)15-4-5-15)21-11-17(7-9-19(21)26(13)14(2)27)16-6-8-18-20(10-16)24(3)31(29,30)23-18/h13,15-21,23H,4-12H2,1-3H3/t13-,16?,17?,18?,19?,20?,21?/m0/s1. The second-order valence-electron chi connectivity index (χ2n) is 10.6. The molecule has 2 saturated heterocycles. The van der Waals surface area contributed by atoms with Crippen molar-refractivity contribution in [3.8, 4) is 0 Å². The van der Waals surface area contributed by atoms with Gasteiger partial charge in [0, 0.05) is 44.6 Å². The average Bonchev–Trinajstić information content (AvgIpc) is 3.53. The molecule has 31 heavy (non-hydrogen) atoms. The van der Waals surface area contributed by atoms with Crippen molar-refractivity contribution in [2.45, 2.75) is 95.4 Å². The van der Waals surface area contributed by atoms with Crippen LogP contribution in [0.25, 0.3) is 0 Å². The first-order valence-electron chi connectivity index (χ1n) is 12.0. The molecule has 0 aromatic rings. The zero-order valence-electron chi connectivity index (χ0n) is 18.9. The molecule has 5 rings (SSSR count). The first-order chi connectivity index (χ1) is 14.7. The molecule has 6 unspecified atom stereocenters. The Morgan fingerprint density at radius 3 is 2.19 bits per heavy atom. The third-order valence-electron chi connectivity index (χ3n) is 8.76. The maximum atomic E-state index is 13.1. The average molecular weight is 453 g/mol. The quantitative estimate of drug-likeness (QED) is 0.684. The Morgan fingerprint density at radius 1 is 0.903 bits per heavy atom. The summed E-state index contributed by atoms with van der Waals surface area (Å²) in [5, 5.41) is 0. The van der Waals surface area contributed by atoms with Gasteiger partial charge in [0.05, 0.1) is 12.1 Å². The Hall–Kier alpha value is -1.19. The van der Waals surface area contributed by atoms with Gasteiger partial charge in [-0.05, 0) is 70.1 Å². The fraction of sp³-hybridized carbons (Fsp3) is 0.909. The summed E-state index contributed by atoms with van der Waals surface area (Å²) in [5.41, 5.74) is 0. The van der Waals surface area contributed by atoms with Crippen LogP contribution in [0, 0.1) is 17.8 Å². The van der Waals surface area contributed by atoms with E-state index < -0.39 is 10.2 Å². The molecule has 2 amide bonds. The highest BCUT2D eigenvalue weighted by molar-refractivity contribution is 7.87. The highest BCUT2D eigenvalue weighted by atomic mass is 32.2. The molecule has 7 atom stereocenters. The molecule has 1 N–H and O–H groups in total. The number of fused-ring (bicyclic) bond motifs is 2. The molecule has 2 aliphatic heterocycles. The van der Waals surface area contributed by atoms with E-state index in [0.29, 0.717) is 24.3 Å². The van der Waals surface area contributed by atoms with Crippen molar-refractivity contribution in [2.75, 3.05) is 13.6 Å². The van der Waals surface area contributed by atoms with Crippen LogP contribution in [0.3, 0.4) is 0 Å². The Morgan fingerprint density at radius 2 is 1.55 bits per heavy atom. The summed E-state index contributed by atoms with van der Waals surface area (Å²) in [6.07, 6.45) is 7.72. The number of rotatable bonds is 2. The Kier molecular flexibility index (Phi) is 5.37. The molecule has 0 radical (unpaired) electrons. The van der Waals surface area contributed by atoms with E-state index in [0.717, 1.165) is 51.4 Å². The molecule has 3 saturated carbocycles. The number of amides is 2. The van der Waals surface area contributed by atoms with Gasteiger partial charge in [0.2, 0.25) is 11.8 Å². The molecule has 0 spiro atoms. The molecule has 9 heteroatoms. The molecule has 0 bridgehead atoms. The number of nitrogens with one attached hydrogen (secondary N) is 1. The number of nitrogens with zero attached hydrogens (tertiary/aromatic N) is 3. The summed E-state index contributed by atoms with van der Waals surface area (Å²) in [6.45, 7) is 4.37. The van der Waals surface area contributed by atoms with E-state index in [1.165, 1.54) is 4.31 Å². The van der Waals surface area contributed by atoms with Gasteiger partial charge in [-0.15, -0.1) is 0 Å². The normalized spacial score (nSPS) is 42.7. The Bertz CT molecular complexity index is 860. The molecule has 5 fully saturated rings. The van der Waals surface area contributed by atoms with Crippen molar-refractivity contribution in [2.24, 2.45) is 17.8 Å². The first kappa shape index (κ1) is 21.6. The number of carbonyl (C=O) groups is 2. The van der Waals surface area contributed by atoms with Gasteiger partial charge in [0.15, 0.2) is 0 Å². The lowest BCUT2D eigenvalue weighted by Crippen LogP contribution is -2.67. The van der Waals surface area contributed by atoms with Crippen LogP contribution in [0.1, 0.15) is 65.2 Å². The minimum Gasteiger partial charge on any atom is -0.335 e. The fourth-order valence-electron chi connectivity index (χ4n) is 7.05. The summed E-state index contributed by atoms with van der Waals surface area (Å²) in [7, 11) is -1.65. The predicted molar refractivity (Wildman–Crippen MR) is 116 cm³/mol. The van der Waals surface area contributed by atoms with Crippen LogP contribution >= 0.6 is 0 Å². The lowest BCUT2D eigenvalue weighted by atomic mass is 9.68. The van der Waals surface area contributed by atoms with E-state index in [4.69, 9.17) is 0 Å². The van der Waals surface area contributed by atoms with E-state index in [2.05, 4.69) is 16.5 Å². The number of hydrogen-bond acceptors (Lipinski definition) is 4. The van der Waals surface area contributed by atoms with Crippen LogP contribution in [0.4, 0.5) is 0 Å². The van der Waals surface area contributed by atoms with Gasteiger partial charge in [-0.25, -0.2) is 0 Å². The van der Waals surface area contributed by atoms with Crippen molar-refractivity contribution in [1.82, 2.24) is 18.8 Å². The number of hydrogen-bond donors (Lipinski definition) is 1.